The van der Waals surface area contributed by atoms with Crippen molar-refractivity contribution in [3.63, 3.8) is 0 Å². The van der Waals surface area contributed by atoms with E-state index in [1.54, 1.807) is 35.8 Å². The van der Waals surface area contributed by atoms with E-state index in [4.69, 9.17) is 0 Å². The van der Waals surface area contributed by atoms with E-state index in [1.807, 2.05) is 6.07 Å². The van der Waals surface area contributed by atoms with E-state index in [1.165, 1.54) is 6.33 Å². The second kappa shape index (κ2) is 4.55. The maximum absolute atomic E-state index is 13.1. The molecule has 0 saturated carbocycles. The van der Waals surface area contributed by atoms with Crippen molar-refractivity contribution in [2.75, 3.05) is 0 Å². The van der Waals surface area contributed by atoms with Crippen molar-refractivity contribution in [3.05, 3.63) is 48.2 Å². The first kappa shape index (κ1) is 13.7. The number of halogens is 3. The number of fused-ring (bicyclic) bond motifs is 2. The summed E-state index contributed by atoms with van der Waals surface area (Å²) in [5.74, 6) is -1.03. The molecule has 116 valence electrons. The van der Waals surface area contributed by atoms with Gasteiger partial charge in [0.2, 0.25) is 5.82 Å². The number of imidazole rings is 1. The molecule has 0 aliphatic rings. The maximum atomic E-state index is 13.1. The fourth-order valence-electron chi connectivity index (χ4n) is 2.56. The van der Waals surface area contributed by atoms with Crippen LogP contribution in [0.3, 0.4) is 0 Å². The van der Waals surface area contributed by atoms with Gasteiger partial charge >= 0.3 is 6.18 Å². The van der Waals surface area contributed by atoms with Gasteiger partial charge in [0.15, 0.2) is 5.82 Å². The summed E-state index contributed by atoms with van der Waals surface area (Å²) in [5.41, 5.74) is 2.22. The molecule has 0 unspecified atom stereocenters. The average molecular weight is 317 g/mol. The Labute approximate surface area is 127 Å². The summed E-state index contributed by atoms with van der Waals surface area (Å²) < 4.78 is 40.8. The Bertz CT molecular complexity index is 1030. The molecule has 23 heavy (non-hydrogen) atoms. The molecule has 0 saturated heterocycles. The van der Waals surface area contributed by atoms with E-state index in [0.29, 0.717) is 22.1 Å². The van der Waals surface area contributed by atoms with Crippen molar-refractivity contribution in [3.8, 4) is 5.82 Å². The van der Waals surface area contributed by atoms with Gasteiger partial charge in [0.25, 0.3) is 0 Å². The van der Waals surface area contributed by atoms with Gasteiger partial charge in [0.05, 0.1) is 16.4 Å². The van der Waals surface area contributed by atoms with E-state index in [9.17, 15) is 13.2 Å². The summed E-state index contributed by atoms with van der Waals surface area (Å²) in [6.45, 7) is 1.75. The monoisotopic (exact) mass is 317 g/mol. The van der Waals surface area contributed by atoms with Crippen LogP contribution < -0.4 is 0 Å². The largest absolute Gasteiger partial charge is 0.451 e. The number of alkyl halides is 3. The van der Waals surface area contributed by atoms with E-state index in [-0.39, 0.29) is 11.5 Å². The third kappa shape index (κ3) is 2.14. The van der Waals surface area contributed by atoms with Crippen molar-refractivity contribution in [2.24, 2.45) is 0 Å². The number of hydrogen-bond acceptors (Lipinski definition) is 3. The molecule has 1 N–H and O–H groups in total. The van der Waals surface area contributed by atoms with Crippen LogP contribution in [0.4, 0.5) is 13.2 Å². The number of nitrogens with one attached hydrogen (secondary N) is 1. The minimum atomic E-state index is -4.63. The smallest absolute Gasteiger partial charge is 0.343 e. The third-order valence-electron chi connectivity index (χ3n) is 3.54. The van der Waals surface area contributed by atoms with Gasteiger partial charge in [-0.05, 0) is 25.1 Å². The number of benzene rings is 1. The first-order valence-electron chi connectivity index (χ1n) is 6.80. The molecule has 0 bridgehead atoms. The van der Waals surface area contributed by atoms with Gasteiger partial charge < -0.3 is 4.98 Å². The SMILES string of the molecule is Cc1cc2c(-n3cnc4ccccc43)nc(C(F)(F)F)nc2[nH]1. The zero-order valence-electron chi connectivity index (χ0n) is 11.9. The topological polar surface area (TPSA) is 59.4 Å². The third-order valence-corrected chi connectivity index (χ3v) is 3.54. The normalized spacial score (nSPS) is 12.3. The zero-order chi connectivity index (χ0) is 16.2. The lowest BCUT2D eigenvalue weighted by Gasteiger charge is -2.09. The molecule has 4 rings (SSSR count). The Morgan fingerprint density at radius 1 is 1.13 bits per heavy atom. The molecular formula is C15H10F3N5. The van der Waals surface area contributed by atoms with Crippen molar-refractivity contribution < 1.29 is 13.2 Å². The Morgan fingerprint density at radius 2 is 1.91 bits per heavy atom. The lowest BCUT2D eigenvalue weighted by Crippen LogP contribution is -2.13. The van der Waals surface area contributed by atoms with Crippen LogP contribution in [0.15, 0.2) is 36.7 Å². The van der Waals surface area contributed by atoms with Crippen molar-refractivity contribution in [2.45, 2.75) is 13.1 Å². The van der Waals surface area contributed by atoms with Gasteiger partial charge in [-0.25, -0.2) is 15.0 Å². The Balaban J connectivity index is 2.09. The molecular weight excluding hydrogens is 307 g/mol. The molecule has 0 atom stereocenters. The van der Waals surface area contributed by atoms with Crippen LogP contribution in [0, 0.1) is 6.92 Å². The number of aryl methyl sites for hydroxylation is 1. The van der Waals surface area contributed by atoms with Crippen LogP contribution in [-0.4, -0.2) is 24.5 Å². The molecule has 3 heterocycles. The van der Waals surface area contributed by atoms with Gasteiger partial charge in [-0.2, -0.15) is 13.2 Å². The number of nitrogens with zero attached hydrogens (tertiary/aromatic N) is 4. The summed E-state index contributed by atoms with van der Waals surface area (Å²) in [4.78, 5) is 14.4. The fraction of sp³-hybridized carbons (Fsp3) is 0.133. The van der Waals surface area contributed by atoms with Crippen molar-refractivity contribution in [1.29, 1.82) is 0 Å². The molecule has 5 nitrogen and oxygen atoms in total. The van der Waals surface area contributed by atoms with Gasteiger partial charge in [-0.1, -0.05) is 12.1 Å². The minimum Gasteiger partial charge on any atom is -0.343 e. The summed E-state index contributed by atoms with van der Waals surface area (Å²) in [5, 5.41) is 0.513. The summed E-state index contributed by atoms with van der Waals surface area (Å²) in [7, 11) is 0. The summed E-state index contributed by atoms with van der Waals surface area (Å²) >= 11 is 0. The van der Waals surface area contributed by atoms with Gasteiger partial charge in [-0.3, -0.25) is 4.57 Å². The average Bonchev–Trinajstić information content (AvgIpc) is 3.07. The van der Waals surface area contributed by atoms with Crippen LogP contribution in [-0.2, 0) is 6.18 Å². The summed E-state index contributed by atoms with van der Waals surface area (Å²) in [6.07, 6.45) is -3.16. The molecule has 0 spiro atoms. The first-order valence-corrected chi connectivity index (χ1v) is 6.80. The molecule has 0 radical (unpaired) electrons. The van der Waals surface area contributed by atoms with Crippen LogP contribution in [0.2, 0.25) is 0 Å². The standard InChI is InChI=1S/C15H10F3N5/c1-8-6-9-12(20-8)21-14(15(16,17)18)22-13(9)23-7-19-10-4-2-3-5-11(10)23/h2-7H,1H3,(H,20,21,22). The number of hydrogen-bond donors (Lipinski definition) is 1. The highest BCUT2D eigenvalue weighted by Crippen LogP contribution is 2.31. The second-order valence-corrected chi connectivity index (χ2v) is 5.19. The number of aromatic amines is 1. The van der Waals surface area contributed by atoms with E-state index >= 15 is 0 Å². The predicted molar refractivity (Wildman–Crippen MR) is 78.3 cm³/mol. The number of H-pyrrole nitrogens is 1. The van der Waals surface area contributed by atoms with Gasteiger partial charge in [0, 0.05) is 5.69 Å². The molecule has 0 aliphatic heterocycles. The van der Waals surface area contributed by atoms with Crippen LogP contribution in [0.5, 0.6) is 0 Å². The molecule has 0 fully saturated rings. The minimum absolute atomic E-state index is 0.151. The van der Waals surface area contributed by atoms with E-state index < -0.39 is 12.0 Å². The highest BCUT2D eigenvalue weighted by molar-refractivity contribution is 5.87. The lowest BCUT2D eigenvalue weighted by molar-refractivity contribution is -0.144. The Kier molecular flexibility index (Phi) is 2.72. The highest BCUT2D eigenvalue weighted by Gasteiger charge is 2.36. The summed E-state index contributed by atoms with van der Waals surface area (Å²) in [6, 6.07) is 8.91. The van der Waals surface area contributed by atoms with E-state index in [0.717, 1.165) is 0 Å². The van der Waals surface area contributed by atoms with Crippen molar-refractivity contribution in [1.82, 2.24) is 24.5 Å². The van der Waals surface area contributed by atoms with E-state index in [2.05, 4.69) is 19.9 Å². The molecule has 8 heteroatoms. The second-order valence-electron chi connectivity index (χ2n) is 5.19. The zero-order valence-corrected chi connectivity index (χ0v) is 11.9. The van der Waals surface area contributed by atoms with Crippen LogP contribution >= 0.6 is 0 Å². The predicted octanol–water partition coefficient (Wildman–Crippen LogP) is 3.62. The quantitative estimate of drug-likeness (QED) is 0.583. The number of aromatic nitrogens is 5. The van der Waals surface area contributed by atoms with Crippen molar-refractivity contribution >= 4 is 22.1 Å². The number of rotatable bonds is 1. The molecule has 1 aromatic carbocycles. The van der Waals surface area contributed by atoms with Crippen LogP contribution in [0.1, 0.15) is 11.5 Å². The fourth-order valence-corrected chi connectivity index (χ4v) is 2.56. The van der Waals surface area contributed by atoms with Crippen LogP contribution in [0.25, 0.3) is 27.9 Å². The first-order chi connectivity index (χ1) is 10.9. The Morgan fingerprint density at radius 3 is 2.70 bits per heavy atom. The molecule has 0 aliphatic carbocycles. The molecule has 0 amide bonds. The lowest BCUT2D eigenvalue weighted by atomic mass is 10.3. The van der Waals surface area contributed by atoms with Gasteiger partial charge in [0.1, 0.15) is 12.0 Å². The maximum Gasteiger partial charge on any atom is 0.451 e. The Hall–Kier alpha value is -2.90. The number of para-hydroxylation sites is 2. The van der Waals surface area contributed by atoms with Gasteiger partial charge in [-0.15, -0.1) is 0 Å². The molecule has 3 aromatic heterocycles. The molecule has 4 aromatic rings. The highest BCUT2D eigenvalue weighted by atomic mass is 19.4.